The summed E-state index contributed by atoms with van der Waals surface area (Å²) in [4.78, 5) is 10.6. The quantitative estimate of drug-likeness (QED) is 0.559. The third kappa shape index (κ3) is 3.45. The largest absolute Gasteiger partial charge is 0.461 e. The molecule has 0 bridgehead atoms. The second-order valence-electron chi connectivity index (χ2n) is 2.38. The molecule has 0 spiro atoms. The van der Waals surface area contributed by atoms with Crippen molar-refractivity contribution in [2.45, 2.75) is 39.4 Å². The maximum absolute atomic E-state index is 10.7. The van der Waals surface area contributed by atoms with Crippen molar-refractivity contribution in [1.29, 1.82) is 0 Å². The Hall–Kier alpha value is -0.570. The standard InChI is InChI=1S/C7H13O3/c1-4-6(8)7(9)10-5(2)3/h5-6H,4H2,1-3H3. The Bertz CT molecular complexity index is 109. The first-order valence-electron chi connectivity index (χ1n) is 3.44. The number of rotatable bonds is 3. The van der Waals surface area contributed by atoms with Crippen LogP contribution in [0.3, 0.4) is 0 Å². The Labute approximate surface area is 61.0 Å². The summed E-state index contributed by atoms with van der Waals surface area (Å²) < 4.78 is 4.65. The van der Waals surface area contributed by atoms with Gasteiger partial charge in [0.05, 0.1) is 6.10 Å². The van der Waals surface area contributed by atoms with E-state index < -0.39 is 12.1 Å². The van der Waals surface area contributed by atoms with Crippen LogP contribution in [0.25, 0.3) is 0 Å². The minimum absolute atomic E-state index is 0.185. The molecule has 0 aliphatic rings. The molecule has 0 fully saturated rings. The third-order valence-corrected chi connectivity index (χ3v) is 0.986. The summed E-state index contributed by atoms with van der Waals surface area (Å²) in [6.45, 7) is 5.11. The zero-order chi connectivity index (χ0) is 8.15. The van der Waals surface area contributed by atoms with Gasteiger partial charge >= 0.3 is 5.97 Å². The van der Waals surface area contributed by atoms with Gasteiger partial charge < -0.3 is 4.74 Å². The van der Waals surface area contributed by atoms with Gasteiger partial charge in [0.1, 0.15) is 0 Å². The molecule has 0 aliphatic carbocycles. The van der Waals surface area contributed by atoms with Crippen LogP contribution in [0.1, 0.15) is 27.2 Å². The average Bonchev–Trinajstić information content (AvgIpc) is 1.85. The van der Waals surface area contributed by atoms with Crippen LogP contribution < -0.4 is 0 Å². The summed E-state index contributed by atoms with van der Waals surface area (Å²) in [7, 11) is 0. The second kappa shape index (κ2) is 4.28. The van der Waals surface area contributed by atoms with E-state index in [4.69, 9.17) is 0 Å². The normalized spacial score (nSPS) is 13.3. The minimum atomic E-state index is -1.21. The molecule has 0 N–H and O–H groups in total. The Balaban J connectivity index is 3.62. The molecule has 1 unspecified atom stereocenters. The smallest absolute Gasteiger partial charge is 0.338 e. The Kier molecular flexibility index (Phi) is 4.03. The molecule has 10 heavy (non-hydrogen) atoms. The van der Waals surface area contributed by atoms with Gasteiger partial charge in [-0.15, -0.1) is 0 Å². The van der Waals surface area contributed by atoms with Crippen LogP contribution in [0.15, 0.2) is 0 Å². The zero-order valence-electron chi connectivity index (χ0n) is 6.59. The van der Waals surface area contributed by atoms with Crippen LogP contribution in [0.4, 0.5) is 0 Å². The Morgan fingerprint density at radius 3 is 2.30 bits per heavy atom. The third-order valence-electron chi connectivity index (χ3n) is 0.986. The van der Waals surface area contributed by atoms with Crippen molar-refractivity contribution in [2.24, 2.45) is 0 Å². The molecule has 0 rings (SSSR count). The summed E-state index contributed by atoms with van der Waals surface area (Å²) in [5, 5.41) is 10.7. The maximum atomic E-state index is 10.7. The Morgan fingerprint density at radius 2 is 2.00 bits per heavy atom. The SMILES string of the molecule is CCC([O])C(=O)OC(C)C. The van der Waals surface area contributed by atoms with E-state index >= 15 is 0 Å². The summed E-state index contributed by atoms with van der Waals surface area (Å²) in [5.74, 6) is -0.641. The van der Waals surface area contributed by atoms with Crippen molar-refractivity contribution < 1.29 is 14.6 Å². The summed E-state index contributed by atoms with van der Waals surface area (Å²) in [6.07, 6.45) is -1.09. The number of hydrogen-bond donors (Lipinski definition) is 0. The van der Waals surface area contributed by atoms with Gasteiger partial charge in [0, 0.05) is 0 Å². The number of hydrogen-bond acceptors (Lipinski definition) is 2. The minimum Gasteiger partial charge on any atom is -0.461 e. The van der Waals surface area contributed by atoms with Gasteiger partial charge in [-0.05, 0) is 20.3 Å². The first-order valence-corrected chi connectivity index (χ1v) is 3.44. The van der Waals surface area contributed by atoms with Crippen LogP contribution in [-0.2, 0) is 14.6 Å². The lowest BCUT2D eigenvalue weighted by molar-refractivity contribution is -0.161. The van der Waals surface area contributed by atoms with Gasteiger partial charge in [-0.3, -0.25) is 0 Å². The summed E-state index contributed by atoms with van der Waals surface area (Å²) >= 11 is 0. The van der Waals surface area contributed by atoms with Crippen LogP contribution >= 0.6 is 0 Å². The van der Waals surface area contributed by atoms with Crippen LogP contribution in [0.2, 0.25) is 0 Å². The molecular weight excluding hydrogens is 132 g/mol. The molecule has 0 aromatic carbocycles. The first-order chi connectivity index (χ1) is 4.57. The highest BCUT2D eigenvalue weighted by atomic mass is 16.6. The van der Waals surface area contributed by atoms with E-state index in [1.807, 2.05) is 0 Å². The average molecular weight is 145 g/mol. The second-order valence-corrected chi connectivity index (χ2v) is 2.38. The highest BCUT2D eigenvalue weighted by Gasteiger charge is 2.16. The van der Waals surface area contributed by atoms with Crippen molar-refractivity contribution in [3.05, 3.63) is 0 Å². The zero-order valence-corrected chi connectivity index (χ0v) is 6.59. The lowest BCUT2D eigenvalue weighted by Crippen LogP contribution is -2.23. The molecule has 0 amide bonds. The van der Waals surface area contributed by atoms with E-state index in [-0.39, 0.29) is 6.10 Å². The molecular formula is C7H13O3. The number of carbonyl (C=O) groups is 1. The lowest BCUT2D eigenvalue weighted by atomic mass is 10.3. The van der Waals surface area contributed by atoms with E-state index in [0.717, 1.165) is 0 Å². The van der Waals surface area contributed by atoms with E-state index in [0.29, 0.717) is 6.42 Å². The van der Waals surface area contributed by atoms with Crippen molar-refractivity contribution in [2.75, 3.05) is 0 Å². The molecule has 0 aromatic heterocycles. The van der Waals surface area contributed by atoms with Gasteiger partial charge in [-0.2, -0.15) is 0 Å². The molecule has 0 saturated carbocycles. The van der Waals surface area contributed by atoms with Gasteiger partial charge in [-0.25, -0.2) is 9.90 Å². The molecule has 0 saturated heterocycles. The topological polar surface area (TPSA) is 46.2 Å². The molecule has 3 heteroatoms. The van der Waals surface area contributed by atoms with Crippen LogP contribution in [0.5, 0.6) is 0 Å². The van der Waals surface area contributed by atoms with Gasteiger partial charge in [0.2, 0.25) is 0 Å². The van der Waals surface area contributed by atoms with E-state index in [1.54, 1.807) is 20.8 Å². The first kappa shape index (κ1) is 9.43. The van der Waals surface area contributed by atoms with Gasteiger partial charge in [-0.1, -0.05) is 6.92 Å². The van der Waals surface area contributed by atoms with Crippen molar-refractivity contribution in [3.63, 3.8) is 0 Å². The highest BCUT2D eigenvalue weighted by Crippen LogP contribution is 1.97. The molecule has 0 aromatic rings. The van der Waals surface area contributed by atoms with Crippen LogP contribution in [-0.4, -0.2) is 18.2 Å². The molecule has 1 atom stereocenters. The number of ether oxygens (including phenoxy) is 1. The van der Waals surface area contributed by atoms with Gasteiger partial charge in [0.15, 0.2) is 6.10 Å². The molecule has 1 radical (unpaired) electrons. The molecule has 59 valence electrons. The molecule has 3 nitrogen and oxygen atoms in total. The summed E-state index contributed by atoms with van der Waals surface area (Å²) in [6, 6.07) is 0. The van der Waals surface area contributed by atoms with Crippen LogP contribution in [0, 0.1) is 0 Å². The fourth-order valence-electron chi connectivity index (χ4n) is 0.475. The fourth-order valence-corrected chi connectivity index (χ4v) is 0.475. The van der Waals surface area contributed by atoms with E-state index in [1.165, 1.54) is 0 Å². The van der Waals surface area contributed by atoms with Crippen molar-refractivity contribution >= 4 is 5.97 Å². The Morgan fingerprint density at radius 1 is 1.50 bits per heavy atom. The highest BCUT2D eigenvalue weighted by molar-refractivity contribution is 5.74. The predicted octanol–water partition coefficient (Wildman–Crippen LogP) is 1.15. The monoisotopic (exact) mass is 145 g/mol. The van der Waals surface area contributed by atoms with Crippen molar-refractivity contribution in [3.8, 4) is 0 Å². The van der Waals surface area contributed by atoms with E-state index in [9.17, 15) is 9.90 Å². The molecule has 0 aliphatic heterocycles. The number of esters is 1. The van der Waals surface area contributed by atoms with Crippen molar-refractivity contribution in [1.82, 2.24) is 0 Å². The maximum Gasteiger partial charge on any atom is 0.338 e. The van der Waals surface area contributed by atoms with Gasteiger partial charge in [0.25, 0.3) is 0 Å². The predicted molar refractivity (Wildman–Crippen MR) is 36.0 cm³/mol. The lowest BCUT2D eigenvalue weighted by Gasteiger charge is -2.09. The fraction of sp³-hybridized carbons (Fsp3) is 0.857. The molecule has 0 heterocycles. The van der Waals surface area contributed by atoms with E-state index in [2.05, 4.69) is 4.74 Å². The number of carbonyl (C=O) groups excluding carboxylic acids is 1. The summed E-state index contributed by atoms with van der Waals surface area (Å²) in [5.41, 5.74) is 0.